The second-order valence-electron chi connectivity index (χ2n) is 6.45. The Bertz CT molecular complexity index is 894. The van der Waals surface area contributed by atoms with Gasteiger partial charge in [-0.3, -0.25) is 0 Å². The number of oxime groups is 1. The molecule has 114 valence electrons. The van der Waals surface area contributed by atoms with E-state index in [0.717, 1.165) is 6.61 Å². The van der Waals surface area contributed by atoms with Crippen molar-refractivity contribution in [3.05, 3.63) is 66.4 Å². The molecule has 1 aromatic heterocycles. The highest BCUT2D eigenvalue weighted by molar-refractivity contribution is 5.99. The van der Waals surface area contributed by atoms with Crippen molar-refractivity contribution >= 4 is 16.6 Å². The van der Waals surface area contributed by atoms with Crippen molar-refractivity contribution in [1.29, 1.82) is 0 Å². The molecule has 3 nitrogen and oxygen atoms in total. The maximum Gasteiger partial charge on any atom is 0.125 e. The van der Waals surface area contributed by atoms with E-state index >= 15 is 0 Å². The number of rotatable bonds is 2. The highest BCUT2D eigenvalue weighted by Crippen LogP contribution is 2.42. The first-order valence-corrected chi connectivity index (χ1v) is 8.27. The molecule has 3 heteroatoms. The van der Waals surface area contributed by atoms with E-state index in [4.69, 9.17) is 4.84 Å². The Labute approximate surface area is 135 Å². The van der Waals surface area contributed by atoms with Crippen molar-refractivity contribution in [1.82, 2.24) is 4.57 Å². The molecule has 0 N–H and O–H groups in total. The van der Waals surface area contributed by atoms with Crippen LogP contribution in [0.5, 0.6) is 0 Å². The Hall–Kier alpha value is -2.55. The van der Waals surface area contributed by atoms with Gasteiger partial charge in [0, 0.05) is 29.1 Å². The Morgan fingerprint density at radius 2 is 1.78 bits per heavy atom. The molecule has 5 rings (SSSR count). The van der Waals surface area contributed by atoms with Crippen molar-refractivity contribution in [2.45, 2.75) is 18.8 Å². The third-order valence-corrected chi connectivity index (χ3v) is 5.18. The minimum absolute atomic E-state index is 0.400. The summed E-state index contributed by atoms with van der Waals surface area (Å²) < 4.78 is 2.30. The van der Waals surface area contributed by atoms with Crippen molar-refractivity contribution in [3.8, 4) is 5.69 Å². The number of para-hydroxylation sites is 2. The molecule has 1 aliphatic carbocycles. The Morgan fingerprint density at radius 3 is 2.70 bits per heavy atom. The summed E-state index contributed by atoms with van der Waals surface area (Å²) in [6, 6.07) is 19.2. The first kappa shape index (κ1) is 12.9. The van der Waals surface area contributed by atoms with Crippen LogP contribution in [0.1, 0.15) is 24.3 Å². The predicted octanol–water partition coefficient (Wildman–Crippen LogP) is 4.51. The van der Waals surface area contributed by atoms with E-state index < -0.39 is 0 Å². The highest BCUT2D eigenvalue weighted by atomic mass is 16.6. The lowest BCUT2D eigenvalue weighted by molar-refractivity contribution is 0.151. The van der Waals surface area contributed by atoms with Gasteiger partial charge >= 0.3 is 0 Å². The van der Waals surface area contributed by atoms with Gasteiger partial charge in [0.15, 0.2) is 0 Å². The van der Waals surface area contributed by atoms with Crippen LogP contribution in [0, 0.1) is 5.92 Å². The number of nitrogens with zero attached hydrogens (tertiary/aromatic N) is 2. The molecule has 0 radical (unpaired) electrons. The molecule has 0 bridgehead atoms. The lowest BCUT2D eigenvalue weighted by atomic mass is 9.94. The van der Waals surface area contributed by atoms with E-state index in [1.165, 1.54) is 40.7 Å². The largest absolute Gasteiger partial charge is 0.395 e. The zero-order valence-electron chi connectivity index (χ0n) is 12.9. The molecule has 23 heavy (non-hydrogen) atoms. The number of hydrogen-bond donors (Lipinski definition) is 0. The van der Waals surface area contributed by atoms with Gasteiger partial charge in [-0.2, -0.15) is 0 Å². The lowest BCUT2D eigenvalue weighted by Gasteiger charge is -2.08. The molecule has 0 saturated heterocycles. The Kier molecular flexibility index (Phi) is 2.80. The van der Waals surface area contributed by atoms with Gasteiger partial charge in [-0.25, -0.2) is 0 Å². The Balaban J connectivity index is 1.71. The second kappa shape index (κ2) is 4.98. The number of fused-ring (bicyclic) bond motifs is 2. The maximum atomic E-state index is 5.35. The van der Waals surface area contributed by atoms with Crippen LogP contribution < -0.4 is 0 Å². The summed E-state index contributed by atoms with van der Waals surface area (Å²) in [4.78, 5) is 5.35. The van der Waals surface area contributed by atoms with Crippen molar-refractivity contribution in [2.24, 2.45) is 11.1 Å². The third-order valence-electron chi connectivity index (χ3n) is 5.18. The zero-order valence-corrected chi connectivity index (χ0v) is 12.9. The van der Waals surface area contributed by atoms with Gasteiger partial charge in [-0.1, -0.05) is 41.6 Å². The molecule has 0 spiro atoms. The van der Waals surface area contributed by atoms with Gasteiger partial charge in [-0.15, -0.1) is 0 Å². The first-order valence-electron chi connectivity index (χ1n) is 8.27. The average Bonchev–Trinajstić information content (AvgIpc) is 3.29. The molecule has 2 heterocycles. The van der Waals surface area contributed by atoms with Crippen LogP contribution in [0.25, 0.3) is 16.6 Å². The van der Waals surface area contributed by atoms with Crippen LogP contribution in [-0.4, -0.2) is 16.9 Å². The number of hydrogen-bond acceptors (Lipinski definition) is 2. The maximum absolute atomic E-state index is 5.35. The molecule has 2 atom stereocenters. The van der Waals surface area contributed by atoms with Crippen LogP contribution in [0.4, 0.5) is 0 Å². The summed E-state index contributed by atoms with van der Waals surface area (Å²) in [5.41, 5.74) is 5.10. The Morgan fingerprint density at radius 1 is 0.957 bits per heavy atom. The normalized spacial score (nSPS) is 22.9. The van der Waals surface area contributed by atoms with E-state index in [9.17, 15) is 0 Å². The van der Waals surface area contributed by atoms with Gasteiger partial charge in [0.1, 0.15) is 6.61 Å². The minimum atomic E-state index is 0.400. The molecule has 3 aromatic rings. The van der Waals surface area contributed by atoms with Crippen LogP contribution in [-0.2, 0) is 4.84 Å². The summed E-state index contributed by atoms with van der Waals surface area (Å²) >= 11 is 0. The van der Waals surface area contributed by atoms with E-state index in [-0.39, 0.29) is 0 Å². The monoisotopic (exact) mass is 302 g/mol. The summed E-state index contributed by atoms with van der Waals surface area (Å²) in [5, 5.41) is 5.68. The highest BCUT2D eigenvalue weighted by Gasteiger charge is 2.38. The SMILES string of the molecule is c1ccc(-n2cc([C@@H]3CC[C@H]4CON=C43)c3ccccc32)cc1. The quantitative estimate of drug-likeness (QED) is 0.684. The van der Waals surface area contributed by atoms with Gasteiger partial charge in [0.05, 0.1) is 11.2 Å². The summed E-state index contributed by atoms with van der Waals surface area (Å²) in [6.07, 6.45) is 4.66. The van der Waals surface area contributed by atoms with Crippen molar-refractivity contribution in [2.75, 3.05) is 6.61 Å². The third kappa shape index (κ3) is 1.93. The molecular weight excluding hydrogens is 284 g/mol. The molecule has 0 amide bonds. The van der Waals surface area contributed by atoms with E-state index in [0.29, 0.717) is 11.8 Å². The van der Waals surface area contributed by atoms with Crippen LogP contribution in [0.2, 0.25) is 0 Å². The molecule has 2 aromatic carbocycles. The van der Waals surface area contributed by atoms with Gasteiger partial charge in [-0.05, 0) is 36.6 Å². The average molecular weight is 302 g/mol. The minimum Gasteiger partial charge on any atom is -0.395 e. The van der Waals surface area contributed by atoms with Crippen molar-refractivity contribution < 1.29 is 4.84 Å². The summed E-state index contributed by atoms with van der Waals surface area (Å²) in [7, 11) is 0. The van der Waals surface area contributed by atoms with Gasteiger partial charge < -0.3 is 9.40 Å². The summed E-state index contributed by atoms with van der Waals surface area (Å²) in [6.45, 7) is 0.767. The summed E-state index contributed by atoms with van der Waals surface area (Å²) in [5.74, 6) is 0.927. The standard InChI is InChI=1S/C20H18N2O/c1-2-6-15(7-3-1)22-12-18(16-8-4-5-9-19(16)22)17-11-10-14-13-23-21-20(14)17/h1-9,12,14,17H,10-11,13H2/t14-,17-/m0/s1. The zero-order chi connectivity index (χ0) is 15.2. The van der Waals surface area contributed by atoms with Crippen molar-refractivity contribution in [3.63, 3.8) is 0 Å². The molecule has 1 saturated carbocycles. The fourth-order valence-corrected chi connectivity index (χ4v) is 4.06. The second-order valence-corrected chi connectivity index (χ2v) is 6.45. The molecular formula is C20H18N2O. The van der Waals surface area contributed by atoms with E-state index in [1.54, 1.807) is 0 Å². The van der Waals surface area contributed by atoms with Crippen LogP contribution in [0.3, 0.4) is 0 Å². The molecule has 1 aliphatic heterocycles. The predicted molar refractivity (Wildman–Crippen MR) is 92.1 cm³/mol. The molecule has 2 aliphatic rings. The fraction of sp³-hybridized carbons (Fsp3) is 0.250. The number of benzene rings is 2. The van der Waals surface area contributed by atoms with Gasteiger partial charge in [0.2, 0.25) is 0 Å². The number of aromatic nitrogens is 1. The lowest BCUT2D eigenvalue weighted by Crippen LogP contribution is -2.10. The van der Waals surface area contributed by atoms with E-state index in [2.05, 4.69) is 70.5 Å². The topological polar surface area (TPSA) is 26.5 Å². The molecule has 0 unspecified atom stereocenters. The van der Waals surface area contributed by atoms with Gasteiger partial charge in [0.25, 0.3) is 0 Å². The van der Waals surface area contributed by atoms with Crippen LogP contribution in [0.15, 0.2) is 65.9 Å². The van der Waals surface area contributed by atoms with Crippen LogP contribution >= 0.6 is 0 Å². The molecule has 1 fully saturated rings. The fourth-order valence-electron chi connectivity index (χ4n) is 4.06. The van der Waals surface area contributed by atoms with E-state index in [1.807, 2.05) is 0 Å². The smallest absolute Gasteiger partial charge is 0.125 e. The first-order chi connectivity index (χ1) is 11.4.